The summed E-state index contributed by atoms with van der Waals surface area (Å²) in [6.07, 6.45) is 4.79. The van der Waals surface area contributed by atoms with Gasteiger partial charge in [0, 0.05) is 31.5 Å². The van der Waals surface area contributed by atoms with Crippen LogP contribution in [0.4, 0.5) is 0 Å². The van der Waals surface area contributed by atoms with Crippen molar-refractivity contribution in [2.45, 2.75) is 91.8 Å². The molecule has 1 N–H and O–H groups in total. The van der Waals surface area contributed by atoms with Gasteiger partial charge >= 0.3 is 5.97 Å². The Morgan fingerprint density at radius 1 is 1.23 bits per heavy atom. The Morgan fingerprint density at radius 2 is 1.91 bits per heavy atom. The molecule has 0 saturated heterocycles. The molecule has 4 heteroatoms. The number of aliphatic imine (C=N–C) groups is 1. The highest BCUT2D eigenvalue weighted by Gasteiger charge is 2.20. The Morgan fingerprint density at radius 3 is 2.45 bits per heavy atom. The van der Waals surface area contributed by atoms with Crippen LogP contribution in [0.25, 0.3) is 0 Å². The second-order valence-corrected chi connectivity index (χ2v) is 6.28. The van der Waals surface area contributed by atoms with E-state index in [0.29, 0.717) is 25.2 Å². The number of aliphatic hydroxyl groups is 1. The molecule has 3 atom stereocenters. The molecule has 0 aromatic heterocycles. The van der Waals surface area contributed by atoms with Gasteiger partial charge in [0.2, 0.25) is 0 Å². The van der Waals surface area contributed by atoms with E-state index >= 15 is 0 Å². The summed E-state index contributed by atoms with van der Waals surface area (Å²) in [4.78, 5) is 16.1. The number of esters is 1. The van der Waals surface area contributed by atoms with Crippen molar-refractivity contribution in [3.8, 4) is 0 Å². The number of hydrogen-bond donors (Lipinski definition) is 1. The molecule has 4 nitrogen and oxygen atoms in total. The molecule has 0 fully saturated rings. The van der Waals surface area contributed by atoms with E-state index in [0.717, 1.165) is 37.9 Å². The number of aliphatic hydroxyl groups excluding tert-OH is 1. The van der Waals surface area contributed by atoms with Crippen LogP contribution in [0, 0.1) is 5.92 Å². The van der Waals surface area contributed by atoms with E-state index < -0.39 is 6.10 Å². The highest BCUT2D eigenvalue weighted by Crippen LogP contribution is 2.17. The van der Waals surface area contributed by atoms with Crippen LogP contribution in [-0.2, 0) is 9.53 Å². The molecule has 3 unspecified atom stereocenters. The molecule has 22 heavy (non-hydrogen) atoms. The first-order chi connectivity index (χ1) is 10.4. The summed E-state index contributed by atoms with van der Waals surface area (Å²) in [5.41, 5.74) is 0.998. The first-order valence-corrected chi connectivity index (χ1v) is 8.80. The van der Waals surface area contributed by atoms with Crippen LogP contribution in [0.3, 0.4) is 0 Å². The summed E-state index contributed by atoms with van der Waals surface area (Å²) >= 11 is 0. The van der Waals surface area contributed by atoms with Crippen molar-refractivity contribution in [2.24, 2.45) is 10.9 Å². The van der Waals surface area contributed by atoms with E-state index in [1.807, 2.05) is 6.92 Å². The van der Waals surface area contributed by atoms with Crippen LogP contribution >= 0.6 is 0 Å². The number of unbranched alkanes of at least 4 members (excludes halogenated alkanes) is 1. The van der Waals surface area contributed by atoms with Crippen molar-refractivity contribution in [3.05, 3.63) is 0 Å². The van der Waals surface area contributed by atoms with Gasteiger partial charge in [0.15, 0.2) is 0 Å². The molecule has 0 aliphatic rings. The van der Waals surface area contributed by atoms with Gasteiger partial charge in [-0.05, 0) is 25.7 Å². The monoisotopic (exact) mass is 313 g/mol. The minimum Gasteiger partial charge on any atom is -0.462 e. The molecule has 0 rings (SSSR count). The third kappa shape index (κ3) is 10.8. The van der Waals surface area contributed by atoms with Gasteiger partial charge in [-0.15, -0.1) is 0 Å². The van der Waals surface area contributed by atoms with Crippen molar-refractivity contribution in [2.75, 3.05) is 6.54 Å². The van der Waals surface area contributed by atoms with Gasteiger partial charge in [0.05, 0.1) is 6.10 Å². The number of rotatable bonds is 12. The van der Waals surface area contributed by atoms with Gasteiger partial charge in [-0.1, -0.05) is 40.5 Å². The van der Waals surface area contributed by atoms with Crippen molar-refractivity contribution in [1.29, 1.82) is 0 Å². The first kappa shape index (κ1) is 21.1. The number of carbonyl (C=O) groups is 1. The maximum atomic E-state index is 11.6. The molecular weight excluding hydrogens is 278 g/mol. The van der Waals surface area contributed by atoms with Gasteiger partial charge in [0.1, 0.15) is 6.10 Å². The van der Waals surface area contributed by atoms with Crippen molar-refractivity contribution in [1.82, 2.24) is 0 Å². The van der Waals surface area contributed by atoms with Gasteiger partial charge in [-0.2, -0.15) is 0 Å². The Labute approximate surface area is 136 Å². The van der Waals surface area contributed by atoms with Crippen LogP contribution < -0.4 is 0 Å². The topological polar surface area (TPSA) is 58.9 Å². The molecule has 0 aliphatic heterocycles. The molecule has 0 heterocycles. The molecule has 0 aromatic carbocycles. The van der Waals surface area contributed by atoms with E-state index in [1.165, 1.54) is 0 Å². The van der Waals surface area contributed by atoms with Crippen LogP contribution in [-0.4, -0.2) is 35.5 Å². The number of carbonyl (C=O) groups excluding carboxylic acids is 1. The summed E-state index contributed by atoms with van der Waals surface area (Å²) in [6, 6.07) is 0. The number of hydrogen-bond acceptors (Lipinski definition) is 4. The predicted molar refractivity (Wildman–Crippen MR) is 92.4 cm³/mol. The fraction of sp³-hybridized carbons (Fsp3) is 0.889. The van der Waals surface area contributed by atoms with Gasteiger partial charge in [-0.25, -0.2) is 0 Å². The molecule has 0 bridgehead atoms. The average molecular weight is 313 g/mol. The van der Waals surface area contributed by atoms with Crippen LogP contribution in [0.5, 0.6) is 0 Å². The molecule has 0 aliphatic carbocycles. The summed E-state index contributed by atoms with van der Waals surface area (Å²) in [7, 11) is 0. The minimum absolute atomic E-state index is 0.206. The lowest BCUT2D eigenvalue weighted by atomic mass is 9.96. The molecule has 0 aromatic rings. The molecular formula is C18H35NO3. The predicted octanol–water partition coefficient (Wildman–Crippen LogP) is 4.15. The molecule has 0 radical (unpaired) electrons. The summed E-state index contributed by atoms with van der Waals surface area (Å²) < 4.78 is 5.48. The maximum Gasteiger partial charge on any atom is 0.305 e. The highest BCUT2D eigenvalue weighted by atomic mass is 16.5. The Bertz CT molecular complexity index is 328. The molecule has 130 valence electrons. The summed E-state index contributed by atoms with van der Waals surface area (Å²) in [5.74, 6) is 0.277. The fourth-order valence-corrected chi connectivity index (χ4v) is 2.30. The first-order valence-electron chi connectivity index (χ1n) is 8.80. The Kier molecular flexibility index (Phi) is 12.1. The van der Waals surface area contributed by atoms with E-state index in [1.54, 1.807) is 6.92 Å². The lowest BCUT2D eigenvalue weighted by Crippen LogP contribution is -2.26. The average Bonchev–Trinajstić information content (AvgIpc) is 2.46. The molecule has 0 spiro atoms. The van der Waals surface area contributed by atoms with Crippen molar-refractivity contribution >= 4 is 11.7 Å². The van der Waals surface area contributed by atoms with Gasteiger partial charge in [-0.3, -0.25) is 9.79 Å². The second kappa shape index (κ2) is 12.6. The fourth-order valence-electron chi connectivity index (χ4n) is 2.30. The van der Waals surface area contributed by atoms with E-state index in [9.17, 15) is 9.90 Å². The smallest absolute Gasteiger partial charge is 0.305 e. The van der Waals surface area contributed by atoms with E-state index in [2.05, 4.69) is 25.8 Å². The van der Waals surface area contributed by atoms with Gasteiger partial charge < -0.3 is 9.84 Å². The quantitative estimate of drug-likeness (QED) is 0.334. The maximum absolute atomic E-state index is 11.6. The van der Waals surface area contributed by atoms with E-state index in [4.69, 9.17) is 4.74 Å². The summed E-state index contributed by atoms with van der Waals surface area (Å²) in [5, 5.41) is 10.2. The van der Waals surface area contributed by atoms with Crippen LogP contribution in [0.2, 0.25) is 0 Å². The number of ether oxygens (including phenoxy) is 1. The molecule has 0 amide bonds. The standard InChI is InChI=1S/C18H35NO3/c1-6-9-10-19-15(5)12-17(22-18(21)8-3)13-16(20)11-14(4)7-2/h14,16-17,20H,6-13H2,1-5H3. The van der Waals surface area contributed by atoms with E-state index in [-0.39, 0.29) is 12.1 Å². The van der Waals surface area contributed by atoms with Crippen molar-refractivity contribution in [3.63, 3.8) is 0 Å². The third-order valence-corrected chi connectivity index (χ3v) is 3.91. The zero-order valence-electron chi connectivity index (χ0n) is 15.1. The Balaban J connectivity index is 4.54. The summed E-state index contributed by atoms with van der Waals surface area (Å²) in [6.45, 7) is 11.0. The van der Waals surface area contributed by atoms with Crippen LogP contribution in [0.15, 0.2) is 4.99 Å². The highest BCUT2D eigenvalue weighted by molar-refractivity contribution is 5.82. The largest absolute Gasteiger partial charge is 0.462 e. The van der Waals surface area contributed by atoms with Crippen LogP contribution in [0.1, 0.15) is 79.6 Å². The number of nitrogens with zero attached hydrogens (tertiary/aromatic N) is 1. The SMILES string of the molecule is CCCCN=C(C)CC(CC(O)CC(C)CC)OC(=O)CC. The normalized spacial score (nSPS) is 16.2. The zero-order valence-corrected chi connectivity index (χ0v) is 15.1. The second-order valence-electron chi connectivity index (χ2n) is 6.28. The third-order valence-electron chi connectivity index (χ3n) is 3.91. The zero-order chi connectivity index (χ0) is 17.0. The lowest BCUT2D eigenvalue weighted by Gasteiger charge is -2.22. The van der Waals surface area contributed by atoms with Gasteiger partial charge in [0.25, 0.3) is 0 Å². The molecule has 0 saturated carbocycles. The van der Waals surface area contributed by atoms with Crippen molar-refractivity contribution < 1.29 is 14.6 Å². The Hall–Kier alpha value is -0.900. The minimum atomic E-state index is -0.423. The lowest BCUT2D eigenvalue weighted by molar-refractivity contribution is -0.149.